The van der Waals surface area contributed by atoms with Crippen molar-refractivity contribution >= 4 is 24.5 Å². The molecular formula is C9H15NO3S. The van der Waals surface area contributed by atoms with E-state index in [0.29, 0.717) is 13.0 Å². The van der Waals surface area contributed by atoms with Crippen molar-refractivity contribution in [1.82, 2.24) is 4.90 Å². The van der Waals surface area contributed by atoms with Crippen LogP contribution in [0.4, 0.5) is 0 Å². The Morgan fingerprint density at radius 2 is 2.21 bits per heavy atom. The molecule has 1 fully saturated rings. The summed E-state index contributed by atoms with van der Waals surface area (Å²) in [5.41, 5.74) is 0. The Hall–Kier alpha value is -0.710. The third-order valence-electron chi connectivity index (χ3n) is 2.36. The molecule has 2 atom stereocenters. The minimum atomic E-state index is -0.934. The number of hydrogen-bond donors (Lipinski definition) is 2. The lowest BCUT2D eigenvalue weighted by atomic mass is 10.0. The van der Waals surface area contributed by atoms with Gasteiger partial charge in [-0.25, -0.2) is 4.79 Å². The van der Waals surface area contributed by atoms with Crippen molar-refractivity contribution in [3.63, 3.8) is 0 Å². The van der Waals surface area contributed by atoms with Gasteiger partial charge in [0.05, 0.1) is 0 Å². The summed E-state index contributed by atoms with van der Waals surface area (Å²) in [6.07, 6.45) is 0.347. The quantitative estimate of drug-likeness (QED) is 0.682. The van der Waals surface area contributed by atoms with Crippen molar-refractivity contribution in [2.75, 3.05) is 6.54 Å². The van der Waals surface area contributed by atoms with Crippen molar-refractivity contribution in [2.24, 2.45) is 5.92 Å². The van der Waals surface area contributed by atoms with E-state index in [1.165, 1.54) is 4.90 Å². The van der Waals surface area contributed by atoms with Crippen LogP contribution in [-0.2, 0) is 9.59 Å². The summed E-state index contributed by atoms with van der Waals surface area (Å²) in [4.78, 5) is 23.8. The number of rotatable bonds is 3. The number of carboxylic acid groups (broad SMARTS) is 1. The SMILES string of the molecule is CC(C)[C@@H](C(=O)O)N1CC(S)CC1=O. The standard InChI is InChI=1S/C9H15NO3S/c1-5(2)8(9(12)13)10-4-6(14)3-7(10)11/h5-6,8,14H,3-4H2,1-2H3,(H,12,13)/t6?,8-/m0/s1. The predicted molar refractivity (Wildman–Crippen MR) is 55.4 cm³/mol. The number of nitrogens with zero attached hydrogens (tertiary/aromatic N) is 1. The summed E-state index contributed by atoms with van der Waals surface area (Å²) >= 11 is 4.19. The van der Waals surface area contributed by atoms with Gasteiger partial charge in [0.15, 0.2) is 0 Å². The highest BCUT2D eigenvalue weighted by Crippen LogP contribution is 2.22. The zero-order valence-electron chi connectivity index (χ0n) is 8.30. The van der Waals surface area contributed by atoms with Crippen molar-refractivity contribution in [3.05, 3.63) is 0 Å². The Morgan fingerprint density at radius 3 is 2.50 bits per heavy atom. The van der Waals surface area contributed by atoms with E-state index >= 15 is 0 Å². The zero-order chi connectivity index (χ0) is 10.9. The summed E-state index contributed by atoms with van der Waals surface area (Å²) < 4.78 is 0. The average molecular weight is 217 g/mol. The number of hydrogen-bond acceptors (Lipinski definition) is 3. The molecule has 1 aliphatic rings. The van der Waals surface area contributed by atoms with E-state index in [1.807, 2.05) is 0 Å². The molecule has 0 aromatic rings. The topological polar surface area (TPSA) is 57.6 Å². The molecule has 0 bridgehead atoms. The molecule has 0 aromatic heterocycles. The van der Waals surface area contributed by atoms with Crippen LogP contribution in [-0.4, -0.2) is 39.7 Å². The number of likely N-dealkylation sites (tertiary alicyclic amines) is 1. The van der Waals surface area contributed by atoms with E-state index in [0.717, 1.165) is 0 Å². The van der Waals surface area contributed by atoms with Crippen LogP contribution < -0.4 is 0 Å². The third kappa shape index (κ3) is 2.20. The smallest absolute Gasteiger partial charge is 0.326 e. The Kier molecular flexibility index (Phi) is 3.42. The fourth-order valence-corrected chi connectivity index (χ4v) is 2.09. The van der Waals surface area contributed by atoms with E-state index < -0.39 is 12.0 Å². The number of amides is 1. The molecule has 1 amide bonds. The predicted octanol–water partition coefficient (Wildman–Crippen LogP) is 0.626. The molecule has 0 aromatic carbocycles. The lowest BCUT2D eigenvalue weighted by Gasteiger charge is -2.27. The molecule has 0 spiro atoms. The van der Waals surface area contributed by atoms with Crippen molar-refractivity contribution < 1.29 is 14.7 Å². The minimum absolute atomic E-state index is 0.0249. The molecule has 1 unspecified atom stereocenters. The fourth-order valence-electron chi connectivity index (χ4n) is 1.76. The molecule has 0 saturated carbocycles. The molecule has 1 N–H and O–H groups in total. The van der Waals surface area contributed by atoms with Crippen LogP contribution >= 0.6 is 12.6 Å². The van der Waals surface area contributed by atoms with E-state index in [2.05, 4.69) is 12.6 Å². The maximum Gasteiger partial charge on any atom is 0.326 e. The van der Waals surface area contributed by atoms with Gasteiger partial charge in [0, 0.05) is 18.2 Å². The molecule has 80 valence electrons. The van der Waals surface area contributed by atoms with E-state index in [-0.39, 0.29) is 17.1 Å². The molecule has 4 nitrogen and oxygen atoms in total. The van der Waals surface area contributed by atoms with Crippen molar-refractivity contribution in [2.45, 2.75) is 31.6 Å². The third-order valence-corrected chi connectivity index (χ3v) is 2.70. The Morgan fingerprint density at radius 1 is 1.64 bits per heavy atom. The van der Waals surface area contributed by atoms with Gasteiger partial charge in [-0.1, -0.05) is 13.8 Å². The Bertz CT molecular complexity index is 254. The number of thiol groups is 1. The summed E-state index contributed by atoms with van der Waals surface area (Å²) in [7, 11) is 0. The van der Waals surface area contributed by atoms with Gasteiger partial charge in [-0.15, -0.1) is 0 Å². The lowest BCUT2D eigenvalue weighted by molar-refractivity contribution is -0.150. The first-order valence-corrected chi connectivity index (χ1v) is 5.15. The van der Waals surface area contributed by atoms with Gasteiger partial charge in [-0.2, -0.15) is 12.6 Å². The Balaban J connectivity index is 2.79. The van der Waals surface area contributed by atoms with Crippen molar-refractivity contribution in [1.29, 1.82) is 0 Å². The minimum Gasteiger partial charge on any atom is -0.480 e. The van der Waals surface area contributed by atoms with Gasteiger partial charge in [0.1, 0.15) is 6.04 Å². The summed E-state index contributed by atoms with van der Waals surface area (Å²) in [5.74, 6) is -1.11. The van der Waals surface area contributed by atoms with Crippen LogP contribution in [0.25, 0.3) is 0 Å². The van der Waals surface area contributed by atoms with E-state index in [9.17, 15) is 9.59 Å². The highest BCUT2D eigenvalue weighted by molar-refractivity contribution is 7.81. The largest absolute Gasteiger partial charge is 0.480 e. The molecule has 0 aliphatic carbocycles. The van der Waals surface area contributed by atoms with Gasteiger partial charge in [-0.3, -0.25) is 4.79 Å². The molecule has 1 saturated heterocycles. The lowest BCUT2D eigenvalue weighted by Crippen LogP contribution is -2.45. The molecule has 5 heteroatoms. The normalized spacial score (nSPS) is 24.4. The Labute approximate surface area is 88.7 Å². The molecule has 14 heavy (non-hydrogen) atoms. The van der Waals surface area contributed by atoms with Crippen LogP contribution in [0.2, 0.25) is 0 Å². The van der Waals surface area contributed by atoms with Crippen LogP contribution in [0.1, 0.15) is 20.3 Å². The van der Waals surface area contributed by atoms with Gasteiger partial charge < -0.3 is 10.0 Å². The average Bonchev–Trinajstić information content (AvgIpc) is 2.29. The van der Waals surface area contributed by atoms with Gasteiger partial charge >= 0.3 is 5.97 Å². The first-order chi connectivity index (χ1) is 6.43. The molecule has 1 heterocycles. The number of carbonyl (C=O) groups is 2. The number of aliphatic carboxylic acids is 1. The highest BCUT2D eigenvalue weighted by Gasteiger charge is 2.37. The summed E-state index contributed by atoms with van der Waals surface area (Å²) in [5, 5.41) is 8.96. The summed E-state index contributed by atoms with van der Waals surface area (Å²) in [6.45, 7) is 4.05. The number of carboxylic acids is 1. The second-order valence-corrected chi connectivity index (χ2v) is 4.66. The van der Waals surface area contributed by atoms with Crippen LogP contribution in [0.5, 0.6) is 0 Å². The number of carbonyl (C=O) groups excluding carboxylic acids is 1. The molecule has 1 aliphatic heterocycles. The maximum atomic E-state index is 11.4. The first kappa shape index (κ1) is 11.4. The monoisotopic (exact) mass is 217 g/mol. The van der Waals surface area contributed by atoms with Crippen LogP contribution in [0, 0.1) is 5.92 Å². The van der Waals surface area contributed by atoms with E-state index in [4.69, 9.17) is 5.11 Å². The molecule has 1 rings (SSSR count). The summed E-state index contributed by atoms with van der Waals surface area (Å²) in [6, 6.07) is -0.709. The van der Waals surface area contributed by atoms with Crippen molar-refractivity contribution in [3.8, 4) is 0 Å². The molecule has 0 radical (unpaired) electrons. The van der Waals surface area contributed by atoms with Gasteiger partial charge in [-0.05, 0) is 5.92 Å². The fraction of sp³-hybridized carbons (Fsp3) is 0.778. The van der Waals surface area contributed by atoms with Gasteiger partial charge in [0.25, 0.3) is 0 Å². The zero-order valence-corrected chi connectivity index (χ0v) is 9.20. The molecular weight excluding hydrogens is 202 g/mol. The van der Waals surface area contributed by atoms with E-state index in [1.54, 1.807) is 13.8 Å². The maximum absolute atomic E-state index is 11.4. The second-order valence-electron chi connectivity index (χ2n) is 3.93. The van der Waals surface area contributed by atoms with Crippen LogP contribution in [0.15, 0.2) is 0 Å². The van der Waals surface area contributed by atoms with Gasteiger partial charge in [0.2, 0.25) is 5.91 Å². The second kappa shape index (κ2) is 4.21. The first-order valence-electron chi connectivity index (χ1n) is 4.63. The van der Waals surface area contributed by atoms with Crippen LogP contribution in [0.3, 0.4) is 0 Å². The highest BCUT2D eigenvalue weighted by atomic mass is 32.1.